The van der Waals surface area contributed by atoms with Crippen LogP contribution in [0.15, 0.2) is 18.3 Å². The highest BCUT2D eigenvalue weighted by Gasteiger charge is 2.63. The molecular formula is C21H32N4O11S. The molecule has 4 rings (SSSR count). The van der Waals surface area contributed by atoms with Gasteiger partial charge in [-0.2, -0.15) is 8.42 Å². The van der Waals surface area contributed by atoms with Crippen LogP contribution in [0.1, 0.15) is 19.0 Å². The summed E-state index contributed by atoms with van der Waals surface area (Å²) in [7, 11) is -1.51. The van der Waals surface area contributed by atoms with Crippen LogP contribution in [-0.4, -0.2) is 114 Å². The minimum absolute atomic E-state index is 0.169. The second-order valence-corrected chi connectivity index (χ2v) is 10.4. The standard InChI is InChI=1S/C21H32N4O11S/c1-9-6-12(25-13(26)7-10-4-5-11(8-24-10)36-37(30,31)32)21(29)20(33-9)34-19-17(28)14(22-2)16(27)15(23-3)18(19)35-21/h4-5,8-9,12,14-20,22-23,27-29H,6-7H2,1-3H3,(H,25,26)(H,30,31,32)/t9-,12-,14-,15+,16+,17+,18-,19-,20+,21+/m1/s1. The van der Waals surface area contributed by atoms with Gasteiger partial charge in [-0.1, -0.05) is 0 Å². The minimum Gasteiger partial charge on any atom is -0.390 e. The number of pyridine rings is 1. The van der Waals surface area contributed by atoms with Crippen molar-refractivity contribution >= 4 is 16.3 Å². The molecule has 37 heavy (non-hydrogen) atoms. The molecule has 1 saturated carbocycles. The monoisotopic (exact) mass is 548 g/mol. The van der Waals surface area contributed by atoms with E-state index in [0.717, 1.165) is 6.20 Å². The van der Waals surface area contributed by atoms with Crippen molar-refractivity contribution in [2.24, 2.45) is 0 Å². The predicted octanol–water partition coefficient (Wildman–Crippen LogP) is -3.19. The Hall–Kier alpha value is -1.99. The lowest BCUT2D eigenvalue weighted by molar-refractivity contribution is -0.449. The van der Waals surface area contributed by atoms with E-state index in [0.29, 0.717) is 0 Å². The van der Waals surface area contributed by atoms with Crippen molar-refractivity contribution in [2.45, 2.75) is 80.5 Å². The van der Waals surface area contributed by atoms with E-state index < -0.39 is 77.0 Å². The maximum absolute atomic E-state index is 12.8. The molecule has 2 aliphatic heterocycles. The summed E-state index contributed by atoms with van der Waals surface area (Å²) in [5, 5.41) is 41.7. The van der Waals surface area contributed by atoms with Gasteiger partial charge >= 0.3 is 10.4 Å². The van der Waals surface area contributed by atoms with Gasteiger partial charge in [0.1, 0.15) is 18.3 Å². The Morgan fingerprint density at radius 3 is 2.46 bits per heavy atom. The molecule has 1 aromatic rings. The summed E-state index contributed by atoms with van der Waals surface area (Å²) in [4.78, 5) is 16.8. The van der Waals surface area contributed by atoms with Crippen molar-refractivity contribution in [3.63, 3.8) is 0 Å². The molecule has 0 aromatic carbocycles. The van der Waals surface area contributed by atoms with Crippen molar-refractivity contribution in [1.82, 2.24) is 20.9 Å². The van der Waals surface area contributed by atoms with Crippen molar-refractivity contribution in [1.29, 1.82) is 0 Å². The Kier molecular flexibility index (Phi) is 8.06. The Labute approximate surface area is 213 Å². The van der Waals surface area contributed by atoms with Crippen molar-refractivity contribution in [3.05, 3.63) is 24.0 Å². The molecule has 1 aromatic heterocycles. The van der Waals surface area contributed by atoms with Gasteiger partial charge in [0.15, 0.2) is 5.75 Å². The number of aromatic nitrogens is 1. The average Bonchev–Trinajstić information content (AvgIpc) is 2.80. The molecule has 0 bridgehead atoms. The van der Waals surface area contributed by atoms with E-state index in [1.165, 1.54) is 12.1 Å². The van der Waals surface area contributed by atoms with Crippen LogP contribution in [0.4, 0.5) is 0 Å². The summed E-state index contributed by atoms with van der Waals surface area (Å²) >= 11 is 0. The minimum atomic E-state index is -4.71. The molecule has 1 aliphatic carbocycles. The zero-order chi connectivity index (χ0) is 27.1. The lowest BCUT2D eigenvalue weighted by Crippen LogP contribution is -2.79. The highest BCUT2D eigenvalue weighted by Crippen LogP contribution is 2.42. The molecule has 10 atom stereocenters. The summed E-state index contributed by atoms with van der Waals surface area (Å²) in [6.45, 7) is 1.73. The molecule has 3 heterocycles. The van der Waals surface area contributed by atoms with Crippen LogP contribution < -0.4 is 20.1 Å². The number of aliphatic hydroxyl groups excluding tert-OH is 2. The van der Waals surface area contributed by atoms with Gasteiger partial charge in [0, 0.05) is 5.69 Å². The maximum Gasteiger partial charge on any atom is 0.446 e. The van der Waals surface area contributed by atoms with Crippen LogP contribution in [0.25, 0.3) is 0 Å². The SMILES string of the molecule is CN[C@@H]1[C@H](O)[C@H](NC)[C@H]2O[C@]3(O)[C@H](O[C@@H]2[C@H]1O)O[C@H](C)C[C@H]3NC(=O)Cc1ccc(OS(=O)(=O)O)cn1. The molecule has 1 amide bonds. The molecular weight excluding hydrogens is 516 g/mol. The quantitative estimate of drug-likeness (QED) is 0.167. The van der Waals surface area contributed by atoms with Crippen LogP contribution in [0.2, 0.25) is 0 Å². The number of nitrogens with one attached hydrogen (secondary N) is 3. The molecule has 3 fully saturated rings. The van der Waals surface area contributed by atoms with Gasteiger partial charge < -0.3 is 49.7 Å². The van der Waals surface area contributed by atoms with E-state index in [-0.39, 0.29) is 24.3 Å². The van der Waals surface area contributed by atoms with Crippen LogP contribution in [0.5, 0.6) is 5.75 Å². The number of aliphatic hydroxyl groups is 3. The molecule has 3 aliphatic rings. The number of rotatable bonds is 7. The van der Waals surface area contributed by atoms with E-state index in [4.69, 9.17) is 18.8 Å². The Bertz CT molecular complexity index is 1080. The van der Waals surface area contributed by atoms with Crippen LogP contribution in [-0.2, 0) is 35.8 Å². The molecule has 0 unspecified atom stereocenters. The number of likely N-dealkylation sites (N-methyl/N-ethyl adjacent to an activating group) is 2. The fraction of sp³-hybridized carbons (Fsp3) is 0.714. The molecule has 15 nitrogen and oxygen atoms in total. The third kappa shape index (κ3) is 5.73. The van der Waals surface area contributed by atoms with Gasteiger partial charge in [0.05, 0.1) is 43.0 Å². The summed E-state index contributed by atoms with van der Waals surface area (Å²) in [5.41, 5.74) is 0.261. The first-order chi connectivity index (χ1) is 17.4. The highest BCUT2D eigenvalue weighted by atomic mass is 32.3. The summed E-state index contributed by atoms with van der Waals surface area (Å²) in [6, 6.07) is 0.129. The normalized spacial score (nSPS) is 39.8. The molecule has 2 saturated heterocycles. The smallest absolute Gasteiger partial charge is 0.390 e. The van der Waals surface area contributed by atoms with Crippen LogP contribution in [0.3, 0.4) is 0 Å². The topological polar surface area (TPSA) is 218 Å². The Morgan fingerprint density at radius 1 is 1.16 bits per heavy atom. The van der Waals surface area contributed by atoms with Crippen LogP contribution >= 0.6 is 0 Å². The lowest BCUT2D eigenvalue weighted by atomic mass is 9.79. The number of fused-ring (bicyclic) bond motifs is 2. The van der Waals surface area contributed by atoms with Gasteiger partial charge in [-0.25, -0.2) is 0 Å². The number of ether oxygens (including phenoxy) is 3. The Morgan fingerprint density at radius 2 is 1.86 bits per heavy atom. The van der Waals surface area contributed by atoms with Crippen molar-refractivity contribution < 1.29 is 51.5 Å². The van der Waals surface area contributed by atoms with Gasteiger partial charge in [-0.3, -0.25) is 14.3 Å². The van der Waals surface area contributed by atoms with Gasteiger partial charge in [-0.15, -0.1) is 0 Å². The fourth-order valence-electron chi connectivity index (χ4n) is 5.11. The largest absolute Gasteiger partial charge is 0.446 e. The highest BCUT2D eigenvalue weighted by molar-refractivity contribution is 7.81. The Balaban J connectivity index is 1.49. The van der Waals surface area contributed by atoms with Crippen molar-refractivity contribution in [2.75, 3.05) is 14.1 Å². The fourth-order valence-corrected chi connectivity index (χ4v) is 5.46. The zero-order valence-electron chi connectivity index (χ0n) is 20.3. The van der Waals surface area contributed by atoms with Gasteiger partial charge in [0.25, 0.3) is 0 Å². The number of hydrogen-bond donors (Lipinski definition) is 7. The first kappa shape index (κ1) is 28.0. The predicted molar refractivity (Wildman–Crippen MR) is 123 cm³/mol. The van der Waals surface area contributed by atoms with E-state index in [1.54, 1.807) is 21.0 Å². The second-order valence-electron chi connectivity index (χ2n) is 9.35. The third-order valence-electron chi connectivity index (χ3n) is 6.83. The third-order valence-corrected chi connectivity index (χ3v) is 7.23. The molecule has 0 radical (unpaired) electrons. The van der Waals surface area contributed by atoms with Crippen LogP contribution in [0, 0.1) is 0 Å². The molecule has 7 N–H and O–H groups in total. The number of nitrogens with zero attached hydrogens (tertiary/aromatic N) is 1. The summed E-state index contributed by atoms with van der Waals surface area (Å²) in [6.07, 6.45) is -4.99. The van der Waals surface area contributed by atoms with E-state index in [9.17, 15) is 28.5 Å². The number of carbonyl (C=O) groups is 1. The number of carbonyl (C=O) groups excluding carboxylic acids is 1. The number of amides is 1. The van der Waals surface area contributed by atoms with E-state index in [1.807, 2.05) is 0 Å². The summed E-state index contributed by atoms with van der Waals surface area (Å²) < 4.78 is 52.5. The average molecular weight is 549 g/mol. The van der Waals surface area contributed by atoms with E-state index in [2.05, 4.69) is 25.1 Å². The molecule has 16 heteroatoms. The number of hydrogen-bond acceptors (Lipinski definition) is 13. The van der Waals surface area contributed by atoms with E-state index >= 15 is 0 Å². The molecule has 0 spiro atoms. The zero-order valence-corrected chi connectivity index (χ0v) is 21.2. The lowest BCUT2D eigenvalue weighted by Gasteiger charge is -2.58. The first-order valence-electron chi connectivity index (χ1n) is 11.7. The first-order valence-corrected chi connectivity index (χ1v) is 13.1. The molecule has 208 valence electrons. The van der Waals surface area contributed by atoms with Gasteiger partial charge in [0.2, 0.25) is 18.0 Å². The van der Waals surface area contributed by atoms with Crippen molar-refractivity contribution in [3.8, 4) is 5.75 Å². The maximum atomic E-state index is 12.8. The van der Waals surface area contributed by atoms with Gasteiger partial charge in [-0.05, 0) is 39.6 Å². The second kappa shape index (κ2) is 10.6. The summed E-state index contributed by atoms with van der Waals surface area (Å²) in [5.74, 6) is -2.90.